The van der Waals surface area contributed by atoms with Crippen molar-refractivity contribution < 1.29 is 4.79 Å². The molecular formula is C23H26N2OS2. The Morgan fingerprint density at radius 3 is 2.61 bits per heavy atom. The van der Waals surface area contributed by atoms with Crippen LogP contribution in [-0.2, 0) is 4.79 Å². The Kier molecular flexibility index (Phi) is 5.20. The third-order valence-electron chi connectivity index (χ3n) is 6.38. The molecule has 28 heavy (non-hydrogen) atoms. The highest BCUT2D eigenvalue weighted by atomic mass is 32.1. The van der Waals surface area contributed by atoms with E-state index < -0.39 is 0 Å². The maximum absolute atomic E-state index is 13.5. The lowest BCUT2D eigenvalue weighted by Gasteiger charge is -2.31. The zero-order chi connectivity index (χ0) is 18.9. The van der Waals surface area contributed by atoms with Crippen LogP contribution in [0, 0.1) is 11.8 Å². The third-order valence-corrected chi connectivity index (χ3v) is 8.14. The number of rotatable bonds is 3. The minimum absolute atomic E-state index is 0.0939. The van der Waals surface area contributed by atoms with Gasteiger partial charge in [0.15, 0.2) is 0 Å². The van der Waals surface area contributed by atoms with Crippen molar-refractivity contribution in [3.05, 3.63) is 50.4 Å². The molecule has 3 nitrogen and oxygen atoms in total. The van der Waals surface area contributed by atoms with Gasteiger partial charge in [-0.3, -0.25) is 4.79 Å². The fraction of sp³-hybridized carbons (Fsp3) is 0.478. The maximum atomic E-state index is 13.5. The van der Waals surface area contributed by atoms with Gasteiger partial charge >= 0.3 is 0 Å². The van der Waals surface area contributed by atoms with Crippen molar-refractivity contribution in [1.82, 2.24) is 5.01 Å². The summed E-state index contributed by atoms with van der Waals surface area (Å²) in [7, 11) is 0. The fourth-order valence-corrected chi connectivity index (χ4v) is 6.56. The predicted octanol–water partition coefficient (Wildman–Crippen LogP) is 6.51. The average molecular weight is 411 g/mol. The SMILES string of the molecule is O=C(C1CCCCC1)N1N=C2/C(=C/c3cccs3)CCC[C@H]2[C@@H]1c1cccs1. The number of nitrogens with zero attached hydrogens (tertiary/aromatic N) is 2. The van der Waals surface area contributed by atoms with Crippen LogP contribution in [0.4, 0.5) is 0 Å². The average Bonchev–Trinajstić information content (AvgIpc) is 3.48. The fourth-order valence-electron chi connectivity index (χ4n) is 5.00. The number of amides is 1. The number of hydrogen-bond acceptors (Lipinski definition) is 4. The van der Waals surface area contributed by atoms with Gasteiger partial charge in [0.1, 0.15) is 0 Å². The highest BCUT2D eigenvalue weighted by molar-refractivity contribution is 7.11. The van der Waals surface area contributed by atoms with Gasteiger partial charge in [-0.1, -0.05) is 31.4 Å². The minimum Gasteiger partial charge on any atom is -0.273 e. The zero-order valence-electron chi connectivity index (χ0n) is 16.0. The van der Waals surface area contributed by atoms with E-state index >= 15 is 0 Å². The molecule has 0 bridgehead atoms. The van der Waals surface area contributed by atoms with Crippen molar-refractivity contribution in [2.75, 3.05) is 0 Å². The Labute approximate surface area is 174 Å². The maximum Gasteiger partial charge on any atom is 0.246 e. The highest BCUT2D eigenvalue weighted by Gasteiger charge is 2.45. The molecule has 146 valence electrons. The molecule has 0 N–H and O–H groups in total. The van der Waals surface area contributed by atoms with E-state index in [1.165, 1.54) is 46.7 Å². The van der Waals surface area contributed by atoms with E-state index in [4.69, 9.17) is 5.10 Å². The number of fused-ring (bicyclic) bond motifs is 1. The van der Waals surface area contributed by atoms with Gasteiger partial charge in [-0.15, -0.1) is 22.7 Å². The molecule has 5 rings (SSSR count). The zero-order valence-corrected chi connectivity index (χ0v) is 17.7. The van der Waals surface area contributed by atoms with Crippen LogP contribution in [0.5, 0.6) is 0 Å². The quantitative estimate of drug-likeness (QED) is 0.567. The molecular weight excluding hydrogens is 384 g/mol. The van der Waals surface area contributed by atoms with Crippen LogP contribution >= 0.6 is 22.7 Å². The second-order valence-corrected chi connectivity index (χ2v) is 10.1. The van der Waals surface area contributed by atoms with Gasteiger partial charge in [0.05, 0.1) is 11.8 Å². The van der Waals surface area contributed by atoms with E-state index in [9.17, 15) is 4.79 Å². The molecule has 2 aromatic rings. The first-order chi connectivity index (χ1) is 13.8. The summed E-state index contributed by atoms with van der Waals surface area (Å²) in [5.41, 5.74) is 2.50. The van der Waals surface area contributed by atoms with Crippen molar-refractivity contribution >= 4 is 40.4 Å². The van der Waals surface area contributed by atoms with Gasteiger partial charge in [0, 0.05) is 21.6 Å². The Hall–Kier alpha value is -1.72. The van der Waals surface area contributed by atoms with E-state index in [0.717, 1.165) is 25.7 Å². The van der Waals surface area contributed by atoms with Crippen molar-refractivity contribution in [1.29, 1.82) is 0 Å². The first kappa shape index (κ1) is 18.3. The van der Waals surface area contributed by atoms with Gasteiger partial charge in [0.25, 0.3) is 0 Å². The van der Waals surface area contributed by atoms with E-state index in [0.29, 0.717) is 5.92 Å². The Morgan fingerprint density at radius 2 is 1.86 bits per heavy atom. The Bertz CT molecular complexity index is 876. The van der Waals surface area contributed by atoms with Gasteiger partial charge < -0.3 is 0 Å². The van der Waals surface area contributed by atoms with Gasteiger partial charge in [-0.2, -0.15) is 5.10 Å². The standard InChI is InChI=1S/C23H26N2OS2/c26-23(16-7-2-1-3-8-16)25-22(20-12-6-14-28-20)19-11-4-9-17(21(19)24-25)15-18-10-5-13-27-18/h5-6,10,12-16,19,22H,1-4,7-9,11H2/b17-15+/t19-,22-/m1/s1. The molecule has 3 aliphatic rings. The summed E-state index contributed by atoms with van der Waals surface area (Å²) < 4.78 is 0. The molecule has 2 fully saturated rings. The van der Waals surface area contributed by atoms with Crippen LogP contribution < -0.4 is 0 Å². The molecule has 0 saturated heterocycles. The van der Waals surface area contributed by atoms with E-state index in [1.54, 1.807) is 22.7 Å². The van der Waals surface area contributed by atoms with Crippen LogP contribution in [-0.4, -0.2) is 16.6 Å². The normalized spacial score (nSPS) is 27.1. The number of hydrazone groups is 1. The molecule has 2 atom stereocenters. The van der Waals surface area contributed by atoms with E-state index in [1.807, 2.05) is 5.01 Å². The number of carbonyl (C=O) groups excluding carboxylic acids is 1. The highest BCUT2D eigenvalue weighted by Crippen LogP contribution is 2.46. The minimum atomic E-state index is 0.0939. The van der Waals surface area contributed by atoms with E-state index in [2.05, 4.69) is 41.1 Å². The monoisotopic (exact) mass is 410 g/mol. The molecule has 0 spiro atoms. The van der Waals surface area contributed by atoms with Crippen LogP contribution in [0.1, 0.15) is 67.2 Å². The summed E-state index contributed by atoms with van der Waals surface area (Å²) in [4.78, 5) is 16.0. The smallest absolute Gasteiger partial charge is 0.246 e. The van der Waals surface area contributed by atoms with Crippen LogP contribution in [0.15, 0.2) is 45.7 Å². The van der Waals surface area contributed by atoms with Crippen molar-refractivity contribution in [3.8, 4) is 0 Å². The summed E-state index contributed by atoms with van der Waals surface area (Å²) in [6.07, 6.45) is 11.3. The molecule has 0 aromatic carbocycles. The van der Waals surface area contributed by atoms with Gasteiger partial charge in [-0.25, -0.2) is 5.01 Å². The number of hydrogen-bond donors (Lipinski definition) is 0. The van der Waals surface area contributed by atoms with Crippen LogP contribution in [0.3, 0.4) is 0 Å². The molecule has 0 radical (unpaired) electrons. The Balaban J connectivity index is 1.51. The molecule has 3 heterocycles. The lowest BCUT2D eigenvalue weighted by atomic mass is 9.79. The topological polar surface area (TPSA) is 32.7 Å². The van der Waals surface area contributed by atoms with Crippen molar-refractivity contribution in [2.45, 2.75) is 57.4 Å². The molecule has 1 amide bonds. The number of allylic oxidation sites excluding steroid dienone is 1. The largest absolute Gasteiger partial charge is 0.273 e. The number of carbonyl (C=O) groups is 1. The summed E-state index contributed by atoms with van der Waals surface area (Å²) >= 11 is 3.53. The van der Waals surface area contributed by atoms with Gasteiger partial charge in [-0.05, 0) is 66.6 Å². The van der Waals surface area contributed by atoms with Crippen LogP contribution in [0.2, 0.25) is 0 Å². The molecule has 5 heteroatoms. The summed E-state index contributed by atoms with van der Waals surface area (Å²) in [6.45, 7) is 0. The lowest BCUT2D eigenvalue weighted by molar-refractivity contribution is -0.139. The number of thiophene rings is 2. The summed E-state index contributed by atoms with van der Waals surface area (Å²) in [5, 5.41) is 11.2. The predicted molar refractivity (Wildman–Crippen MR) is 118 cm³/mol. The van der Waals surface area contributed by atoms with Crippen LogP contribution in [0.25, 0.3) is 6.08 Å². The molecule has 2 aliphatic carbocycles. The van der Waals surface area contributed by atoms with Crippen molar-refractivity contribution in [3.63, 3.8) is 0 Å². The summed E-state index contributed by atoms with van der Waals surface area (Å²) in [6, 6.07) is 8.65. The molecule has 2 saturated carbocycles. The van der Waals surface area contributed by atoms with Gasteiger partial charge in [0.2, 0.25) is 5.91 Å². The second-order valence-electron chi connectivity index (χ2n) is 8.15. The van der Waals surface area contributed by atoms with E-state index in [-0.39, 0.29) is 17.9 Å². The first-order valence-corrected chi connectivity index (χ1v) is 12.3. The van der Waals surface area contributed by atoms with Crippen molar-refractivity contribution in [2.24, 2.45) is 16.9 Å². The summed E-state index contributed by atoms with van der Waals surface area (Å²) in [5.74, 6) is 0.757. The molecule has 0 unspecified atom stereocenters. The Morgan fingerprint density at radius 1 is 1.04 bits per heavy atom. The lowest BCUT2D eigenvalue weighted by Crippen LogP contribution is -2.36. The molecule has 1 aliphatic heterocycles. The third kappa shape index (κ3) is 3.39. The molecule has 2 aromatic heterocycles. The second kappa shape index (κ2) is 7.96. The first-order valence-electron chi connectivity index (χ1n) is 10.5.